The summed E-state index contributed by atoms with van der Waals surface area (Å²) in [5.41, 5.74) is 15.1. The molecule has 0 N–H and O–H groups in total. The third kappa shape index (κ3) is 2.59. The molecule has 0 atom stereocenters. The second kappa shape index (κ2) is 6.41. The van der Waals surface area contributed by atoms with Crippen LogP contribution in [0.5, 0.6) is 0 Å². The first-order chi connectivity index (χ1) is 12.5. The molecule has 3 rings (SSSR count). The van der Waals surface area contributed by atoms with Gasteiger partial charge in [0.05, 0.1) is 5.52 Å². The number of aryl methyl sites for hydroxylation is 5. The summed E-state index contributed by atoms with van der Waals surface area (Å²) in [6, 6.07) is 2.32. The number of rotatable bonds is 1. The van der Waals surface area contributed by atoms with Gasteiger partial charge in [-0.3, -0.25) is 0 Å². The van der Waals surface area contributed by atoms with Gasteiger partial charge >= 0.3 is 0 Å². The van der Waals surface area contributed by atoms with Crippen LogP contribution in [0.2, 0.25) is 0 Å². The highest BCUT2D eigenvalue weighted by atomic mass is 14.9. The third-order valence-corrected chi connectivity index (χ3v) is 7.04. The van der Waals surface area contributed by atoms with E-state index in [4.69, 9.17) is 0 Å². The Morgan fingerprint density at radius 1 is 0.741 bits per heavy atom. The number of benzene rings is 2. The highest BCUT2D eigenvalue weighted by molar-refractivity contribution is 5.92. The summed E-state index contributed by atoms with van der Waals surface area (Å²) >= 11 is 0. The van der Waals surface area contributed by atoms with Gasteiger partial charge in [-0.05, 0) is 118 Å². The normalized spacial score (nSPS) is 12.8. The van der Waals surface area contributed by atoms with E-state index < -0.39 is 0 Å². The molecular weight excluding hydrogens is 326 g/mol. The van der Waals surface area contributed by atoms with Crippen LogP contribution < -0.4 is 10.6 Å². The van der Waals surface area contributed by atoms with Gasteiger partial charge in [-0.25, -0.2) is 0 Å². The van der Waals surface area contributed by atoms with Crippen molar-refractivity contribution in [3.63, 3.8) is 0 Å². The number of fused-ring (bicyclic) bond motifs is 1. The Morgan fingerprint density at radius 2 is 1.30 bits per heavy atom. The van der Waals surface area contributed by atoms with Crippen molar-refractivity contribution in [1.82, 2.24) is 4.57 Å². The summed E-state index contributed by atoms with van der Waals surface area (Å²) in [6.45, 7) is 24.7. The summed E-state index contributed by atoms with van der Waals surface area (Å²) in [4.78, 5) is 0. The van der Waals surface area contributed by atoms with E-state index in [0.717, 1.165) is 5.35 Å². The predicted molar refractivity (Wildman–Crippen MR) is 120 cm³/mol. The molecule has 0 aliphatic carbocycles. The van der Waals surface area contributed by atoms with Gasteiger partial charge in [0.15, 0.2) is 0 Å². The zero-order chi connectivity index (χ0) is 20.4. The van der Waals surface area contributed by atoms with Crippen molar-refractivity contribution in [2.45, 2.75) is 62.3 Å². The Labute approximate surface area is 164 Å². The van der Waals surface area contributed by atoms with Crippen LogP contribution in [0.1, 0.15) is 57.0 Å². The molecule has 2 aromatic carbocycles. The third-order valence-electron chi connectivity index (χ3n) is 7.04. The maximum Gasteiger partial charge on any atom is 0.0523 e. The fourth-order valence-corrected chi connectivity index (χ4v) is 4.85. The van der Waals surface area contributed by atoms with Crippen LogP contribution in [-0.2, 0) is 7.05 Å². The molecule has 1 heterocycles. The second-order valence-electron chi connectivity index (χ2n) is 8.36. The summed E-state index contributed by atoms with van der Waals surface area (Å²) in [5, 5.41) is 3.79. The molecule has 27 heavy (non-hydrogen) atoms. The minimum Gasteiger partial charge on any atom is -0.344 e. The standard InChI is InChI=1S/C26H33N/c1-13-12-14(2)23(18(6)15(13)3)21(9)24-22(10)27(11)26-20(8)17(5)16(4)19(7)25(24)26/h12H,10H2,1-9,11H3/b24-21-. The van der Waals surface area contributed by atoms with Gasteiger partial charge in [0, 0.05) is 23.0 Å². The average molecular weight is 360 g/mol. The fourth-order valence-electron chi connectivity index (χ4n) is 4.85. The molecule has 1 nitrogen and oxygen atoms in total. The van der Waals surface area contributed by atoms with Gasteiger partial charge in [-0.2, -0.15) is 0 Å². The van der Waals surface area contributed by atoms with E-state index in [2.05, 4.69) is 86.6 Å². The largest absolute Gasteiger partial charge is 0.344 e. The number of hydrogen-bond donors (Lipinski definition) is 0. The lowest BCUT2D eigenvalue weighted by atomic mass is 9.88. The van der Waals surface area contributed by atoms with E-state index in [-0.39, 0.29) is 0 Å². The molecule has 1 aromatic heterocycles. The molecule has 0 spiro atoms. The number of aromatic nitrogens is 1. The Hall–Kier alpha value is -2.28. The van der Waals surface area contributed by atoms with Gasteiger partial charge < -0.3 is 4.57 Å². The molecule has 3 aromatic rings. The van der Waals surface area contributed by atoms with E-state index in [0.29, 0.717) is 0 Å². The SMILES string of the molecule is C=c1/c(=C(\C)c2c(C)cc(C)c(C)c2C)c2c(C)c(C)c(C)c(C)c2n1C. The van der Waals surface area contributed by atoms with E-state index in [1.165, 1.54) is 71.8 Å². The lowest BCUT2D eigenvalue weighted by Gasteiger charge is -2.16. The molecule has 0 unspecified atom stereocenters. The Kier molecular flexibility index (Phi) is 4.62. The van der Waals surface area contributed by atoms with Crippen LogP contribution in [0.3, 0.4) is 0 Å². The lowest BCUT2D eigenvalue weighted by molar-refractivity contribution is 0.921. The predicted octanol–water partition coefficient (Wildman–Crippen LogP) is 5.27. The highest BCUT2D eigenvalue weighted by Gasteiger charge is 2.18. The lowest BCUT2D eigenvalue weighted by Crippen LogP contribution is -2.28. The van der Waals surface area contributed by atoms with Crippen LogP contribution in [0.25, 0.3) is 23.1 Å². The van der Waals surface area contributed by atoms with Gasteiger partial charge in [0.1, 0.15) is 0 Å². The second-order valence-corrected chi connectivity index (χ2v) is 8.36. The van der Waals surface area contributed by atoms with Crippen LogP contribution in [-0.4, -0.2) is 4.57 Å². The van der Waals surface area contributed by atoms with Crippen molar-refractivity contribution in [1.29, 1.82) is 0 Å². The zero-order valence-corrected chi connectivity index (χ0v) is 18.7. The van der Waals surface area contributed by atoms with Gasteiger partial charge in [-0.1, -0.05) is 12.6 Å². The Morgan fingerprint density at radius 3 is 1.89 bits per heavy atom. The van der Waals surface area contributed by atoms with Gasteiger partial charge in [0.25, 0.3) is 0 Å². The molecule has 0 aliphatic rings. The van der Waals surface area contributed by atoms with Crippen molar-refractivity contribution in [2.75, 3.05) is 0 Å². The summed E-state index contributed by atoms with van der Waals surface area (Å²) < 4.78 is 2.29. The van der Waals surface area contributed by atoms with Gasteiger partial charge in [0.2, 0.25) is 0 Å². The van der Waals surface area contributed by atoms with Crippen molar-refractivity contribution in [3.8, 4) is 0 Å². The van der Waals surface area contributed by atoms with Crippen LogP contribution in [0, 0.1) is 55.4 Å². The highest BCUT2D eigenvalue weighted by Crippen LogP contribution is 2.29. The maximum atomic E-state index is 4.49. The van der Waals surface area contributed by atoms with E-state index in [1.54, 1.807) is 0 Å². The average Bonchev–Trinajstić information content (AvgIpc) is 2.87. The summed E-state index contributed by atoms with van der Waals surface area (Å²) in [5.74, 6) is 0. The first-order valence-corrected chi connectivity index (χ1v) is 9.83. The van der Waals surface area contributed by atoms with Crippen LogP contribution in [0.15, 0.2) is 6.07 Å². The number of nitrogens with zero attached hydrogens (tertiary/aromatic N) is 1. The van der Waals surface area contributed by atoms with Crippen molar-refractivity contribution >= 4 is 23.1 Å². The van der Waals surface area contributed by atoms with E-state index >= 15 is 0 Å². The van der Waals surface area contributed by atoms with E-state index in [9.17, 15) is 0 Å². The number of hydrogen-bond acceptors (Lipinski definition) is 0. The molecule has 0 bridgehead atoms. The van der Waals surface area contributed by atoms with E-state index in [1.807, 2.05) is 0 Å². The minimum absolute atomic E-state index is 1.11. The monoisotopic (exact) mass is 359 g/mol. The fraction of sp³-hybridized carbons (Fsp3) is 0.385. The topological polar surface area (TPSA) is 4.93 Å². The summed E-state index contributed by atoms with van der Waals surface area (Å²) in [7, 11) is 2.16. The first kappa shape index (κ1) is 19.5. The van der Waals surface area contributed by atoms with Crippen molar-refractivity contribution in [2.24, 2.45) is 7.05 Å². The molecule has 0 saturated carbocycles. The van der Waals surface area contributed by atoms with Crippen molar-refractivity contribution < 1.29 is 0 Å². The summed E-state index contributed by atoms with van der Waals surface area (Å²) in [6.07, 6.45) is 0. The zero-order valence-electron chi connectivity index (χ0n) is 18.7. The molecule has 0 amide bonds. The maximum absolute atomic E-state index is 4.49. The molecular formula is C26H33N. The molecule has 0 aliphatic heterocycles. The minimum atomic E-state index is 1.11. The first-order valence-electron chi connectivity index (χ1n) is 9.83. The van der Waals surface area contributed by atoms with Gasteiger partial charge in [-0.15, -0.1) is 0 Å². The van der Waals surface area contributed by atoms with Crippen LogP contribution in [0.4, 0.5) is 0 Å². The Bertz CT molecular complexity index is 1220. The Balaban J connectivity index is 2.67. The molecule has 0 radical (unpaired) electrons. The van der Waals surface area contributed by atoms with Crippen molar-refractivity contribution in [3.05, 3.63) is 66.7 Å². The van der Waals surface area contributed by atoms with Crippen LogP contribution >= 0.6 is 0 Å². The quantitative estimate of drug-likeness (QED) is 0.557. The molecule has 142 valence electrons. The smallest absolute Gasteiger partial charge is 0.0523 e. The molecule has 0 saturated heterocycles. The molecule has 1 heteroatoms. The molecule has 0 fully saturated rings.